The zero-order valence-corrected chi connectivity index (χ0v) is 12.8. The maximum atomic E-state index is 6.24. The molecule has 1 heterocycles. The molecule has 1 aromatic heterocycles. The van der Waals surface area contributed by atoms with Crippen molar-refractivity contribution >= 4 is 28.1 Å². The Kier molecular flexibility index (Phi) is 4.32. The largest absolute Gasteiger partial charge is 0.488 e. The fourth-order valence-electron chi connectivity index (χ4n) is 1.80. The fraction of sp³-hybridized carbons (Fsp3) is 0.357. The van der Waals surface area contributed by atoms with Crippen LogP contribution in [0.5, 0.6) is 5.75 Å². The maximum Gasteiger partial charge on any atom is 0.180 e. The molecule has 0 aliphatic rings. The number of aryl methyl sites for hydroxylation is 1. The standard InChI is InChI=1S/C14H17ClN2OS/c1-8(2)11-5-13(9(3)4-12(11)15)18-7-10-6-17-14(16)19-10/h4-6,8H,7H2,1-3H3,(H2,16,17). The van der Waals surface area contributed by atoms with Crippen LogP contribution in [0.15, 0.2) is 18.3 Å². The van der Waals surface area contributed by atoms with E-state index in [9.17, 15) is 0 Å². The zero-order valence-electron chi connectivity index (χ0n) is 11.2. The number of hydrogen-bond donors (Lipinski definition) is 1. The smallest absolute Gasteiger partial charge is 0.180 e. The molecule has 5 heteroatoms. The van der Waals surface area contributed by atoms with Crippen molar-refractivity contribution in [1.82, 2.24) is 4.98 Å². The zero-order chi connectivity index (χ0) is 14.0. The van der Waals surface area contributed by atoms with Gasteiger partial charge in [0, 0.05) is 11.2 Å². The molecular weight excluding hydrogens is 280 g/mol. The molecule has 0 bridgehead atoms. The van der Waals surface area contributed by atoms with E-state index in [2.05, 4.69) is 18.8 Å². The Morgan fingerprint density at radius 1 is 1.42 bits per heavy atom. The van der Waals surface area contributed by atoms with Crippen molar-refractivity contribution in [2.75, 3.05) is 5.73 Å². The first kappa shape index (κ1) is 14.2. The lowest BCUT2D eigenvalue weighted by molar-refractivity contribution is 0.307. The molecule has 0 radical (unpaired) electrons. The lowest BCUT2D eigenvalue weighted by Crippen LogP contribution is -1.98. The number of halogens is 1. The number of ether oxygens (including phenoxy) is 1. The molecule has 0 aliphatic heterocycles. The fourth-order valence-corrected chi connectivity index (χ4v) is 2.84. The molecule has 2 aromatic rings. The van der Waals surface area contributed by atoms with Crippen molar-refractivity contribution in [3.63, 3.8) is 0 Å². The normalized spacial score (nSPS) is 11.0. The molecule has 102 valence electrons. The number of rotatable bonds is 4. The Morgan fingerprint density at radius 2 is 2.16 bits per heavy atom. The van der Waals surface area contributed by atoms with E-state index in [1.165, 1.54) is 11.3 Å². The summed E-state index contributed by atoms with van der Waals surface area (Å²) in [7, 11) is 0. The van der Waals surface area contributed by atoms with E-state index in [0.29, 0.717) is 17.7 Å². The molecule has 19 heavy (non-hydrogen) atoms. The van der Waals surface area contributed by atoms with Crippen LogP contribution in [-0.4, -0.2) is 4.98 Å². The highest BCUT2D eigenvalue weighted by atomic mass is 35.5. The number of nitrogen functional groups attached to an aromatic ring is 1. The summed E-state index contributed by atoms with van der Waals surface area (Å²) in [6.07, 6.45) is 1.74. The van der Waals surface area contributed by atoms with Crippen molar-refractivity contribution in [3.05, 3.63) is 39.4 Å². The van der Waals surface area contributed by atoms with Gasteiger partial charge in [0.2, 0.25) is 0 Å². The molecule has 0 unspecified atom stereocenters. The predicted molar refractivity (Wildman–Crippen MR) is 81.1 cm³/mol. The Morgan fingerprint density at radius 3 is 2.74 bits per heavy atom. The summed E-state index contributed by atoms with van der Waals surface area (Å²) >= 11 is 7.68. The number of thiazole rings is 1. The van der Waals surface area contributed by atoms with Crippen molar-refractivity contribution < 1.29 is 4.74 Å². The third kappa shape index (κ3) is 3.39. The van der Waals surface area contributed by atoms with Gasteiger partial charge in [0.25, 0.3) is 0 Å². The van der Waals surface area contributed by atoms with Crippen LogP contribution < -0.4 is 10.5 Å². The van der Waals surface area contributed by atoms with Gasteiger partial charge in [-0.3, -0.25) is 0 Å². The average molecular weight is 297 g/mol. The maximum absolute atomic E-state index is 6.24. The van der Waals surface area contributed by atoms with Gasteiger partial charge >= 0.3 is 0 Å². The van der Waals surface area contributed by atoms with Gasteiger partial charge in [-0.2, -0.15) is 0 Å². The monoisotopic (exact) mass is 296 g/mol. The van der Waals surface area contributed by atoms with Gasteiger partial charge in [0.1, 0.15) is 12.4 Å². The highest BCUT2D eigenvalue weighted by Crippen LogP contribution is 2.32. The Bertz CT molecular complexity index is 581. The third-order valence-electron chi connectivity index (χ3n) is 2.86. The minimum absolute atomic E-state index is 0.370. The first-order valence-electron chi connectivity index (χ1n) is 6.10. The van der Waals surface area contributed by atoms with Crippen LogP contribution in [0.3, 0.4) is 0 Å². The van der Waals surface area contributed by atoms with Crippen molar-refractivity contribution in [2.45, 2.75) is 33.3 Å². The van der Waals surface area contributed by atoms with Crippen LogP contribution >= 0.6 is 22.9 Å². The highest BCUT2D eigenvalue weighted by Gasteiger charge is 2.10. The summed E-state index contributed by atoms with van der Waals surface area (Å²) in [6.45, 7) is 6.70. The number of nitrogens with two attached hydrogens (primary N) is 1. The van der Waals surface area contributed by atoms with Gasteiger partial charge in [-0.1, -0.05) is 36.8 Å². The molecule has 0 saturated carbocycles. The van der Waals surface area contributed by atoms with Crippen molar-refractivity contribution in [3.8, 4) is 5.75 Å². The van der Waals surface area contributed by atoms with E-state index in [-0.39, 0.29) is 0 Å². The van der Waals surface area contributed by atoms with E-state index in [4.69, 9.17) is 22.1 Å². The molecule has 1 aromatic carbocycles. The van der Waals surface area contributed by atoms with Gasteiger partial charge in [-0.25, -0.2) is 4.98 Å². The molecule has 0 atom stereocenters. The summed E-state index contributed by atoms with van der Waals surface area (Å²) in [5, 5.41) is 1.36. The average Bonchev–Trinajstić information content (AvgIpc) is 2.73. The van der Waals surface area contributed by atoms with Crippen LogP contribution in [0.4, 0.5) is 5.13 Å². The molecule has 0 amide bonds. The SMILES string of the molecule is Cc1cc(Cl)c(C(C)C)cc1OCc1cnc(N)s1. The number of hydrogen-bond acceptors (Lipinski definition) is 4. The molecule has 0 spiro atoms. The third-order valence-corrected chi connectivity index (χ3v) is 3.98. The second-order valence-electron chi connectivity index (χ2n) is 4.75. The minimum Gasteiger partial charge on any atom is -0.488 e. The van der Waals surface area contributed by atoms with Crippen molar-refractivity contribution in [1.29, 1.82) is 0 Å². The summed E-state index contributed by atoms with van der Waals surface area (Å²) in [5.41, 5.74) is 7.73. The van der Waals surface area contributed by atoms with Crippen LogP contribution in [0.2, 0.25) is 5.02 Å². The topological polar surface area (TPSA) is 48.1 Å². The van der Waals surface area contributed by atoms with Gasteiger partial charge < -0.3 is 10.5 Å². The Balaban J connectivity index is 2.17. The lowest BCUT2D eigenvalue weighted by atomic mass is 10.0. The summed E-state index contributed by atoms with van der Waals surface area (Å²) in [5.74, 6) is 1.23. The number of benzene rings is 1. The molecule has 0 saturated heterocycles. The first-order chi connectivity index (χ1) is 8.97. The Hall–Kier alpha value is -1.26. The summed E-state index contributed by atoms with van der Waals surface area (Å²) in [4.78, 5) is 5.02. The van der Waals surface area contributed by atoms with Gasteiger partial charge in [-0.05, 0) is 36.1 Å². The molecule has 2 rings (SSSR count). The van der Waals surface area contributed by atoms with E-state index >= 15 is 0 Å². The molecular formula is C14H17ClN2OS. The molecule has 0 fully saturated rings. The van der Waals surface area contributed by atoms with E-state index < -0.39 is 0 Å². The van der Waals surface area contributed by atoms with E-state index in [1.807, 2.05) is 19.1 Å². The van der Waals surface area contributed by atoms with Crippen LogP contribution in [-0.2, 0) is 6.61 Å². The molecule has 2 N–H and O–H groups in total. The molecule has 0 aliphatic carbocycles. The Labute approximate surface area is 122 Å². The van der Waals surface area contributed by atoms with Gasteiger partial charge in [-0.15, -0.1) is 0 Å². The summed E-state index contributed by atoms with van der Waals surface area (Å²) < 4.78 is 5.84. The molecule has 3 nitrogen and oxygen atoms in total. The number of nitrogens with zero attached hydrogens (tertiary/aromatic N) is 1. The second-order valence-corrected chi connectivity index (χ2v) is 6.30. The highest BCUT2D eigenvalue weighted by molar-refractivity contribution is 7.15. The second kappa shape index (κ2) is 5.80. The van der Waals surface area contributed by atoms with Crippen LogP contribution in [0.25, 0.3) is 0 Å². The number of anilines is 1. The van der Waals surface area contributed by atoms with Crippen molar-refractivity contribution in [2.24, 2.45) is 0 Å². The quantitative estimate of drug-likeness (QED) is 0.910. The van der Waals surface area contributed by atoms with Gasteiger partial charge in [0.05, 0.1) is 4.88 Å². The lowest BCUT2D eigenvalue weighted by Gasteiger charge is -2.14. The number of aromatic nitrogens is 1. The summed E-state index contributed by atoms with van der Waals surface area (Å²) in [6, 6.07) is 3.97. The van der Waals surface area contributed by atoms with Crippen LogP contribution in [0.1, 0.15) is 35.8 Å². The van der Waals surface area contributed by atoms with Crippen LogP contribution in [0, 0.1) is 6.92 Å². The minimum atomic E-state index is 0.370. The first-order valence-corrected chi connectivity index (χ1v) is 7.30. The van der Waals surface area contributed by atoms with E-state index in [0.717, 1.165) is 26.8 Å². The van der Waals surface area contributed by atoms with E-state index in [1.54, 1.807) is 6.20 Å². The predicted octanol–water partition coefficient (Wildman–Crippen LogP) is 4.39. The van der Waals surface area contributed by atoms with Gasteiger partial charge in [0.15, 0.2) is 5.13 Å².